The molecule has 0 aliphatic heterocycles. The van der Waals surface area contributed by atoms with Crippen molar-refractivity contribution in [1.82, 2.24) is 0 Å². The van der Waals surface area contributed by atoms with Crippen molar-refractivity contribution < 1.29 is 0 Å². The molecule has 0 saturated heterocycles. The molecule has 1 nitrogen and oxygen atoms in total. The molecule has 1 aromatic rings. The van der Waals surface area contributed by atoms with Crippen molar-refractivity contribution in [1.29, 1.82) is 0 Å². The van der Waals surface area contributed by atoms with Crippen molar-refractivity contribution in [2.75, 3.05) is 11.9 Å². The van der Waals surface area contributed by atoms with Crippen LogP contribution in [0.15, 0.2) is 12.1 Å². The van der Waals surface area contributed by atoms with E-state index >= 15 is 0 Å². The minimum absolute atomic E-state index is 0.451. The third kappa shape index (κ3) is 4.53. The molecule has 1 N–H and O–H groups in total. The number of halogens is 2. The maximum absolute atomic E-state index is 6.28. The Morgan fingerprint density at radius 1 is 1.05 bits per heavy atom. The lowest BCUT2D eigenvalue weighted by atomic mass is 9.70. The first-order valence-electron chi connectivity index (χ1n) is 7.97. The highest BCUT2D eigenvalue weighted by Gasteiger charge is 2.29. The Hall–Kier alpha value is -0.400. The van der Waals surface area contributed by atoms with Gasteiger partial charge in [-0.2, -0.15) is 0 Å². The molecule has 1 saturated carbocycles. The van der Waals surface area contributed by atoms with Crippen molar-refractivity contribution >= 4 is 28.9 Å². The Bertz CT molecular complexity index is 483. The average molecular weight is 328 g/mol. The standard InChI is InChI=1S/C18H27Cl2N/c1-12-9-16(20)17(10-15(12)19)21-11-13-5-7-14(8-6-13)18(2,3)4/h9-10,13-14,21H,5-8,11H2,1-4H3. The van der Waals surface area contributed by atoms with Gasteiger partial charge < -0.3 is 5.32 Å². The van der Waals surface area contributed by atoms with Gasteiger partial charge in [0.25, 0.3) is 0 Å². The summed E-state index contributed by atoms with van der Waals surface area (Å²) in [5.74, 6) is 1.62. The molecule has 0 bridgehead atoms. The zero-order chi connectivity index (χ0) is 15.6. The van der Waals surface area contributed by atoms with Gasteiger partial charge in [-0.15, -0.1) is 0 Å². The summed E-state index contributed by atoms with van der Waals surface area (Å²) in [6.45, 7) is 10.1. The largest absolute Gasteiger partial charge is 0.384 e. The maximum Gasteiger partial charge on any atom is 0.0641 e. The molecule has 0 unspecified atom stereocenters. The second-order valence-electron chi connectivity index (χ2n) is 7.55. The third-order valence-electron chi connectivity index (χ3n) is 4.90. The molecule has 118 valence electrons. The number of rotatable bonds is 3. The molecule has 1 aromatic carbocycles. The van der Waals surface area contributed by atoms with E-state index in [9.17, 15) is 0 Å². The summed E-state index contributed by atoms with van der Waals surface area (Å²) in [4.78, 5) is 0. The lowest BCUT2D eigenvalue weighted by molar-refractivity contribution is 0.153. The van der Waals surface area contributed by atoms with Gasteiger partial charge in [-0.3, -0.25) is 0 Å². The van der Waals surface area contributed by atoms with E-state index in [1.165, 1.54) is 25.7 Å². The van der Waals surface area contributed by atoms with Crippen LogP contribution in [0.2, 0.25) is 10.0 Å². The molecule has 0 heterocycles. The smallest absolute Gasteiger partial charge is 0.0641 e. The summed E-state index contributed by atoms with van der Waals surface area (Å²) < 4.78 is 0. The van der Waals surface area contributed by atoms with Crippen LogP contribution in [0.5, 0.6) is 0 Å². The third-order valence-corrected chi connectivity index (χ3v) is 5.62. The topological polar surface area (TPSA) is 12.0 Å². The number of aryl methyl sites for hydroxylation is 1. The van der Waals surface area contributed by atoms with Crippen LogP contribution in [0.4, 0.5) is 5.69 Å². The molecule has 1 fully saturated rings. The SMILES string of the molecule is Cc1cc(Cl)c(NCC2CCC(C(C)(C)C)CC2)cc1Cl. The van der Waals surface area contributed by atoms with Crippen LogP contribution < -0.4 is 5.32 Å². The van der Waals surface area contributed by atoms with E-state index in [0.717, 1.165) is 39.7 Å². The first-order chi connectivity index (χ1) is 9.77. The Morgan fingerprint density at radius 3 is 2.24 bits per heavy atom. The Labute approximate surface area is 139 Å². The fraction of sp³-hybridized carbons (Fsp3) is 0.667. The Balaban J connectivity index is 1.87. The van der Waals surface area contributed by atoms with Crippen molar-refractivity contribution in [3.05, 3.63) is 27.7 Å². The van der Waals surface area contributed by atoms with Gasteiger partial charge in [-0.25, -0.2) is 0 Å². The van der Waals surface area contributed by atoms with E-state index < -0.39 is 0 Å². The molecule has 0 amide bonds. The zero-order valence-corrected chi connectivity index (χ0v) is 15.1. The number of anilines is 1. The molecule has 21 heavy (non-hydrogen) atoms. The fourth-order valence-corrected chi connectivity index (χ4v) is 3.72. The minimum atomic E-state index is 0.451. The molecule has 1 aliphatic rings. The van der Waals surface area contributed by atoms with Crippen LogP contribution in [-0.4, -0.2) is 6.54 Å². The van der Waals surface area contributed by atoms with E-state index in [1.54, 1.807) is 0 Å². The number of nitrogens with one attached hydrogen (secondary N) is 1. The van der Waals surface area contributed by atoms with Gasteiger partial charge in [0.05, 0.1) is 10.7 Å². The summed E-state index contributed by atoms with van der Waals surface area (Å²) in [7, 11) is 0. The first-order valence-corrected chi connectivity index (χ1v) is 8.72. The van der Waals surface area contributed by atoms with Gasteiger partial charge in [-0.1, -0.05) is 44.0 Å². The van der Waals surface area contributed by atoms with E-state index in [2.05, 4.69) is 26.1 Å². The Morgan fingerprint density at radius 2 is 1.67 bits per heavy atom. The van der Waals surface area contributed by atoms with Crippen molar-refractivity contribution in [3.63, 3.8) is 0 Å². The van der Waals surface area contributed by atoms with Crippen molar-refractivity contribution in [2.24, 2.45) is 17.3 Å². The van der Waals surface area contributed by atoms with Crippen LogP contribution in [0.3, 0.4) is 0 Å². The molecule has 3 heteroatoms. The summed E-state index contributed by atoms with van der Waals surface area (Å²) in [6.07, 6.45) is 5.31. The van der Waals surface area contributed by atoms with Crippen LogP contribution >= 0.6 is 23.2 Å². The normalized spacial score (nSPS) is 23.1. The minimum Gasteiger partial charge on any atom is -0.384 e. The van der Waals surface area contributed by atoms with Gasteiger partial charge in [0, 0.05) is 11.6 Å². The van der Waals surface area contributed by atoms with E-state index in [1.807, 2.05) is 19.1 Å². The molecule has 0 spiro atoms. The van der Waals surface area contributed by atoms with E-state index in [-0.39, 0.29) is 0 Å². The van der Waals surface area contributed by atoms with Gasteiger partial charge >= 0.3 is 0 Å². The quantitative estimate of drug-likeness (QED) is 0.662. The van der Waals surface area contributed by atoms with Crippen LogP contribution in [-0.2, 0) is 0 Å². The highest BCUT2D eigenvalue weighted by atomic mass is 35.5. The maximum atomic E-state index is 6.28. The predicted molar refractivity (Wildman–Crippen MR) is 94.6 cm³/mol. The monoisotopic (exact) mass is 327 g/mol. The van der Waals surface area contributed by atoms with Crippen LogP contribution in [0, 0.1) is 24.2 Å². The van der Waals surface area contributed by atoms with Gasteiger partial charge in [0.2, 0.25) is 0 Å². The van der Waals surface area contributed by atoms with Gasteiger partial charge in [0.1, 0.15) is 0 Å². The highest BCUT2D eigenvalue weighted by molar-refractivity contribution is 6.35. The van der Waals surface area contributed by atoms with Crippen molar-refractivity contribution in [2.45, 2.75) is 53.4 Å². The molecule has 0 radical (unpaired) electrons. The van der Waals surface area contributed by atoms with Gasteiger partial charge in [-0.05, 0) is 67.6 Å². The summed E-state index contributed by atoms with van der Waals surface area (Å²) in [5.41, 5.74) is 2.44. The predicted octanol–water partition coefficient (Wildman–Crippen LogP) is 6.57. The number of hydrogen-bond donors (Lipinski definition) is 1. The summed E-state index contributed by atoms with van der Waals surface area (Å²) >= 11 is 12.5. The van der Waals surface area contributed by atoms with Crippen molar-refractivity contribution in [3.8, 4) is 0 Å². The molecule has 1 aliphatic carbocycles. The van der Waals surface area contributed by atoms with Crippen LogP contribution in [0.1, 0.15) is 52.0 Å². The molecule has 2 rings (SSSR count). The van der Waals surface area contributed by atoms with Crippen LogP contribution in [0.25, 0.3) is 0 Å². The average Bonchev–Trinajstić information content (AvgIpc) is 2.41. The summed E-state index contributed by atoms with van der Waals surface area (Å²) in [5, 5.41) is 5.03. The van der Waals surface area contributed by atoms with Gasteiger partial charge in [0.15, 0.2) is 0 Å². The molecule has 0 aromatic heterocycles. The molecule has 0 atom stereocenters. The summed E-state index contributed by atoms with van der Waals surface area (Å²) in [6, 6.07) is 3.88. The lowest BCUT2D eigenvalue weighted by Gasteiger charge is -2.37. The highest BCUT2D eigenvalue weighted by Crippen LogP contribution is 2.40. The lowest BCUT2D eigenvalue weighted by Crippen LogP contribution is -2.28. The number of hydrogen-bond acceptors (Lipinski definition) is 1. The van der Waals surface area contributed by atoms with E-state index in [0.29, 0.717) is 5.41 Å². The molecular formula is C18H27Cl2N. The first kappa shape index (κ1) is 17.0. The number of benzene rings is 1. The fourth-order valence-electron chi connectivity index (χ4n) is 3.27. The molecular weight excluding hydrogens is 301 g/mol. The Kier molecular flexibility index (Phi) is 5.48. The second-order valence-corrected chi connectivity index (χ2v) is 8.36. The van der Waals surface area contributed by atoms with E-state index in [4.69, 9.17) is 23.2 Å². The zero-order valence-electron chi connectivity index (χ0n) is 13.6. The second kappa shape index (κ2) is 6.79.